The molecule has 3 heteroatoms. The van der Waals surface area contributed by atoms with E-state index in [9.17, 15) is 5.11 Å². The zero-order chi connectivity index (χ0) is 12.4. The van der Waals surface area contributed by atoms with E-state index in [0.717, 1.165) is 29.0 Å². The van der Waals surface area contributed by atoms with Crippen molar-refractivity contribution in [2.45, 2.75) is 52.6 Å². The molecule has 2 nitrogen and oxygen atoms in total. The fourth-order valence-electron chi connectivity index (χ4n) is 3.21. The first-order chi connectivity index (χ1) is 8.04. The van der Waals surface area contributed by atoms with Gasteiger partial charge in [-0.25, -0.2) is 4.98 Å². The predicted octanol–water partition coefficient (Wildman–Crippen LogP) is 3.43. The third-order valence-electron chi connectivity index (χ3n) is 3.84. The number of thiazole rings is 1. The van der Waals surface area contributed by atoms with Crippen molar-refractivity contribution < 1.29 is 5.11 Å². The molecule has 2 rings (SSSR count). The van der Waals surface area contributed by atoms with Crippen molar-refractivity contribution in [1.82, 2.24) is 4.98 Å². The average molecular weight is 253 g/mol. The van der Waals surface area contributed by atoms with Crippen molar-refractivity contribution in [3.63, 3.8) is 0 Å². The Kier molecular flexibility index (Phi) is 4.21. The fourth-order valence-corrected chi connectivity index (χ4v) is 3.83. The van der Waals surface area contributed by atoms with Crippen molar-refractivity contribution in [1.29, 1.82) is 0 Å². The van der Waals surface area contributed by atoms with Crippen molar-refractivity contribution in [3.05, 3.63) is 16.1 Å². The van der Waals surface area contributed by atoms with E-state index in [2.05, 4.69) is 24.2 Å². The number of hydrogen-bond donors (Lipinski definition) is 1. The molecular formula is C14H23NOS. The molecule has 1 saturated carbocycles. The highest BCUT2D eigenvalue weighted by Crippen LogP contribution is 2.35. The molecule has 96 valence electrons. The van der Waals surface area contributed by atoms with Gasteiger partial charge in [0.25, 0.3) is 0 Å². The van der Waals surface area contributed by atoms with Gasteiger partial charge in [0.1, 0.15) is 0 Å². The number of hydrogen-bond acceptors (Lipinski definition) is 3. The maximum atomic E-state index is 10.3. The van der Waals surface area contributed by atoms with Gasteiger partial charge in [0, 0.05) is 11.8 Å². The van der Waals surface area contributed by atoms with Crippen LogP contribution in [0, 0.1) is 24.7 Å². The second kappa shape index (κ2) is 5.49. The number of aliphatic hydroxyl groups is 1. The summed E-state index contributed by atoms with van der Waals surface area (Å²) >= 11 is 1.67. The molecule has 1 aromatic rings. The van der Waals surface area contributed by atoms with Crippen molar-refractivity contribution in [3.8, 4) is 0 Å². The molecule has 3 atom stereocenters. The second-order valence-corrected chi connectivity index (χ2v) is 6.87. The quantitative estimate of drug-likeness (QED) is 0.895. The van der Waals surface area contributed by atoms with Crippen LogP contribution in [0.15, 0.2) is 5.38 Å². The van der Waals surface area contributed by atoms with Gasteiger partial charge in [-0.3, -0.25) is 0 Å². The van der Waals surface area contributed by atoms with Crippen molar-refractivity contribution in [2.24, 2.45) is 17.8 Å². The Bertz CT molecular complexity index is 353. The van der Waals surface area contributed by atoms with Gasteiger partial charge < -0.3 is 5.11 Å². The smallest absolute Gasteiger partial charge is 0.0897 e. The molecule has 1 N–H and O–H groups in total. The highest BCUT2D eigenvalue weighted by Gasteiger charge is 2.29. The van der Waals surface area contributed by atoms with Crippen LogP contribution in [0.3, 0.4) is 0 Å². The van der Waals surface area contributed by atoms with E-state index in [1.165, 1.54) is 19.3 Å². The first-order valence-electron chi connectivity index (χ1n) is 6.63. The summed E-state index contributed by atoms with van der Waals surface area (Å²) in [6.07, 6.45) is 4.19. The van der Waals surface area contributed by atoms with Gasteiger partial charge in [-0.05, 0) is 43.9 Å². The minimum Gasteiger partial charge on any atom is -0.392 e. The number of nitrogens with zero attached hydrogens (tertiary/aromatic N) is 1. The van der Waals surface area contributed by atoms with Crippen molar-refractivity contribution >= 4 is 11.3 Å². The standard InChI is InChI=1S/C14H23NOS/c1-9-4-10(2)6-12(5-9)14(16)7-13-8-17-11(3)15-13/h8-10,12,14,16H,4-7H2,1-3H3. The van der Waals surface area contributed by atoms with E-state index in [-0.39, 0.29) is 6.10 Å². The Labute approximate surface area is 108 Å². The van der Waals surface area contributed by atoms with Gasteiger partial charge in [0.15, 0.2) is 0 Å². The Morgan fingerprint density at radius 2 is 2.00 bits per heavy atom. The Hall–Kier alpha value is -0.410. The lowest BCUT2D eigenvalue weighted by Crippen LogP contribution is -2.30. The Morgan fingerprint density at radius 1 is 1.35 bits per heavy atom. The van der Waals surface area contributed by atoms with Gasteiger partial charge in [-0.2, -0.15) is 0 Å². The van der Waals surface area contributed by atoms with E-state index in [1.54, 1.807) is 11.3 Å². The summed E-state index contributed by atoms with van der Waals surface area (Å²) in [4.78, 5) is 4.44. The number of rotatable bonds is 3. The molecule has 1 aliphatic rings. The van der Waals surface area contributed by atoms with E-state index >= 15 is 0 Å². The minimum atomic E-state index is -0.207. The summed E-state index contributed by atoms with van der Waals surface area (Å²) < 4.78 is 0. The number of aromatic nitrogens is 1. The largest absolute Gasteiger partial charge is 0.392 e. The normalized spacial score (nSPS) is 31.4. The third-order valence-corrected chi connectivity index (χ3v) is 4.67. The van der Waals surface area contributed by atoms with E-state index < -0.39 is 0 Å². The number of aryl methyl sites for hydroxylation is 1. The molecule has 0 bridgehead atoms. The maximum absolute atomic E-state index is 10.3. The molecule has 0 amide bonds. The van der Waals surface area contributed by atoms with Gasteiger partial charge in [0.05, 0.1) is 16.8 Å². The zero-order valence-corrected chi connectivity index (χ0v) is 11.8. The van der Waals surface area contributed by atoms with Crippen LogP contribution in [0.4, 0.5) is 0 Å². The van der Waals surface area contributed by atoms with Crippen LogP contribution in [0.1, 0.15) is 43.8 Å². The van der Waals surface area contributed by atoms with Crippen LogP contribution in [-0.2, 0) is 6.42 Å². The Balaban J connectivity index is 1.93. The van der Waals surface area contributed by atoms with Crippen LogP contribution in [-0.4, -0.2) is 16.2 Å². The summed E-state index contributed by atoms with van der Waals surface area (Å²) in [5.41, 5.74) is 1.06. The minimum absolute atomic E-state index is 0.207. The Morgan fingerprint density at radius 3 is 2.53 bits per heavy atom. The molecule has 1 fully saturated rings. The highest BCUT2D eigenvalue weighted by molar-refractivity contribution is 7.09. The monoisotopic (exact) mass is 253 g/mol. The summed E-state index contributed by atoms with van der Waals surface area (Å²) in [6.45, 7) is 6.63. The van der Waals surface area contributed by atoms with Crippen molar-refractivity contribution in [2.75, 3.05) is 0 Å². The number of aliphatic hydroxyl groups excluding tert-OH is 1. The SMILES string of the molecule is Cc1nc(CC(O)C2CC(C)CC(C)C2)cs1. The second-order valence-electron chi connectivity index (χ2n) is 5.81. The lowest BCUT2D eigenvalue weighted by Gasteiger charge is -2.34. The first kappa shape index (κ1) is 13.0. The topological polar surface area (TPSA) is 33.1 Å². The molecule has 0 aromatic carbocycles. The summed E-state index contributed by atoms with van der Waals surface area (Å²) in [7, 11) is 0. The molecule has 0 radical (unpaired) electrons. The van der Waals surface area contributed by atoms with Gasteiger partial charge in [-0.15, -0.1) is 11.3 Å². The molecule has 0 saturated heterocycles. The van der Waals surface area contributed by atoms with Gasteiger partial charge >= 0.3 is 0 Å². The van der Waals surface area contributed by atoms with Crippen LogP contribution < -0.4 is 0 Å². The van der Waals surface area contributed by atoms with Crippen LogP contribution in [0.5, 0.6) is 0 Å². The van der Waals surface area contributed by atoms with Crippen LogP contribution in [0.25, 0.3) is 0 Å². The summed E-state index contributed by atoms with van der Waals surface area (Å²) in [5.74, 6) is 1.99. The van der Waals surface area contributed by atoms with E-state index in [0.29, 0.717) is 5.92 Å². The van der Waals surface area contributed by atoms with Gasteiger partial charge in [-0.1, -0.05) is 13.8 Å². The maximum Gasteiger partial charge on any atom is 0.0897 e. The molecule has 1 aliphatic carbocycles. The first-order valence-corrected chi connectivity index (χ1v) is 7.51. The van der Waals surface area contributed by atoms with Gasteiger partial charge in [0.2, 0.25) is 0 Å². The molecule has 0 spiro atoms. The summed E-state index contributed by atoms with van der Waals surface area (Å²) in [6, 6.07) is 0. The third kappa shape index (κ3) is 3.52. The molecule has 1 heterocycles. The van der Waals surface area contributed by atoms with E-state index in [1.807, 2.05) is 6.92 Å². The lowest BCUT2D eigenvalue weighted by molar-refractivity contribution is 0.0555. The molecule has 0 aliphatic heterocycles. The van der Waals surface area contributed by atoms with E-state index in [4.69, 9.17) is 0 Å². The zero-order valence-electron chi connectivity index (χ0n) is 11.0. The average Bonchev–Trinajstić information content (AvgIpc) is 2.62. The molecule has 17 heavy (non-hydrogen) atoms. The fraction of sp³-hybridized carbons (Fsp3) is 0.786. The lowest BCUT2D eigenvalue weighted by atomic mass is 9.74. The highest BCUT2D eigenvalue weighted by atomic mass is 32.1. The molecular weight excluding hydrogens is 230 g/mol. The van der Waals surface area contributed by atoms with Crippen LogP contribution in [0.2, 0.25) is 0 Å². The predicted molar refractivity (Wildman–Crippen MR) is 72.2 cm³/mol. The van der Waals surface area contributed by atoms with Crippen LogP contribution >= 0.6 is 11.3 Å². The summed E-state index contributed by atoms with van der Waals surface area (Å²) in [5, 5.41) is 13.5. The molecule has 1 aromatic heterocycles. The molecule has 3 unspecified atom stereocenters.